The zero-order valence-corrected chi connectivity index (χ0v) is 19.9. The molecule has 9 heteroatoms. The number of nitrogens with zero attached hydrogens (tertiary/aromatic N) is 4. The van der Waals surface area contributed by atoms with Crippen molar-refractivity contribution in [3.05, 3.63) is 66.9 Å². The molecule has 9 nitrogen and oxygen atoms in total. The standard InChI is InChI=1S/C26H29N7O2/c1-4-24(34)28-18-6-5-7-19(12-18)29-25-17(2)14-27-26(31-25)30-20-8-9-22-23(13-20)35-16-21-15-32(3)10-11-33(21)22/h4-9,12-14,21H,1,10-11,15-16H2,2-3H3,(H,28,34)(H2,27,29,30,31)/t21-/m0/s1. The summed E-state index contributed by atoms with van der Waals surface area (Å²) in [5.74, 6) is 1.76. The third-order valence-corrected chi connectivity index (χ3v) is 6.19. The molecule has 1 atom stereocenters. The van der Waals surface area contributed by atoms with Crippen LogP contribution < -0.4 is 25.6 Å². The maximum absolute atomic E-state index is 11.6. The number of amides is 1. The molecule has 0 spiro atoms. The van der Waals surface area contributed by atoms with Crippen molar-refractivity contribution in [3.63, 3.8) is 0 Å². The molecule has 1 amide bonds. The minimum Gasteiger partial charge on any atom is -0.489 e. The van der Waals surface area contributed by atoms with Crippen LogP contribution in [0.3, 0.4) is 0 Å². The maximum Gasteiger partial charge on any atom is 0.247 e. The molecule has 3 N–H and O–H groups in total. The summed E-state index contributed by atoms with van der Waals surface area (Å²) in [5, 5.41) is 9.37. The van der Waals surface area contributed by atoms with Gasteiger partial charge in [0.05, 0.1) is 11.7 Å². The van der Waals surface area contributed by atoms with Crippen LogP contribution in [0.15, 0.2) is 61.3 Å². The van der Waals surface area contributed by atoms with Gasteiger partial charge < -0.3 is 30.5 Å². The molecule has 0 aliphatic carbocycles. The molecule has 0 radical (unpaired) electrons. The smallest absolute Gasteiger partial charge is 0.247 e. The third kappa shape index (κ3) is 5.04. The first kappa shape index (κ1) is 22.7. The number of aryl methyl sites for hydroxylation is 1. The van der Waals surface area contributed by atoms with Gasteiger partial charge >= 0.3 is 0 Å². The summed E-state index contributed by atoms with van der Waals surface area (Å²) < 4.78 is 6.09. The van der Waals surface area contributed by atoms with E-state index in [0.29, 0.717) is 30.1 Å². The molecule has 5 rings (SSSR count). The molecular weight excluding hydrogens is 442 g/mol. The summed E-state index contributed by atoms with van der Waals surface area (Å²) in [5.41, 5.74) is 4.35. The van der Waals surface area contributed by atoms with E-state index in [9.17, 15) is 4.79 Å². The van der Waals surface area contributed by atoms with E-state index >= 15 is 0 Å². The lowest BCUT2D eigenvalue weighted by molar-refractivity contribution is -0.111. The highest BCUT2D eigenvalue weighted by molar-refractivity contribution is 5.99. The van der Waals surface area contributed by atoms with Crippen LogP contribution in [0.2, 0.25) is 0 Å². The van der Waals surface area contributed by atoms with Crippen molar-refractivity contribution in [2.45, 2.75) is 13.0 Å². The molecular formula is C26H29N7O2. The van der Waals surface area contributed by atoms with Gasteiger partial charge in [0.15, 0.2) is 0 Å². The van der Waals surface area contributed by atoms with Crippen LogP contribution in [0.25, 0.3) is 0 Å². The SMILES string of the molecule is C=CC(=O)Nc1cccc(Nc2nc(Nc3ccc4c(c3)OC[C@@H]3CN(C)CCN43)ncc2C)c1. The van der Waals surface area contributed by atoms with E-state index in [1.807, 2.05) is 43.3 Å². The molecule has 0 unspecified atom stereocenters. The Bertz CT molecular complexity index is 1260. The average Bonchev–Trinajstić information content (AvgIpc) is 2.86. The van der Waals surface area contributed by atoms with E-state index in [1.54, 1.807) is 6.20 Å². The fourth-order valence-electron chi connectivity index (χ4n) is 4.36. The van der Waals surface area contributed by atoms with Crippen molar-refractivity contribution in [1.82, 2.24) is 14.9 Å². The first-order valence-corrected chi connectivity index (χ1v) is 11.6. The molecule has 35 heavy (non-hydrogen) atoms. The van der Waals surface area contributed by atoms with Crippen molar-refractivity contribution in [2.75, 3.05) is 54.1 Å². The molecule has 0 bridgehead atoms. The normalized spacial score (nSPS) is 17.0. The predicted octanol–water partition coefficient (Wildman–Crippen LogP) is 3.91. The minimum absolute atomic E-state index is 0.260. The number of carbonyl (C=O) groups excluding carboxylic acids is 1. The highest BCUT2D eigenvalue weighted by Crippen LogP contribution is 2.37. The lowest BCUT2D eigenvalue weighted by atomic mass is 10.1. The number of likely N-dealkylation sites (N-methyl/N-ethyl adjacent to an activating group) is 1. The van der Waals surface area contributed by atoms with Gasteiger partial charge in [0.2, 0.25) is 11.9 Å². The van der Waals surface area contributed by atoms with E-state index in [0.717, 1.165) is 48.0 Å². The fraction of sp³-hybridized carbons (Fsp3) is 0.269. The Morgan fingerprint density at radius 3 is 2.83 bits per heavy atom. The lowest BCUT2D eigenvalue weighted by Gasteiger charge is -2.44. The van der Waals surface area contributed by atoms with Crippen molar-refractivity contribution >= 4 is 40.4 Å². The maximum atomic E-state index is 11.6. The predicted molar refractivity (Wildman–Crippen MR) is 139 cm³/mol. The Labute approximate surface area is 204 Å². The van der Waals surface area contributed by atoms with Gasteiger partial charge in [-0.3, -0.25) is 4.79 Å². The summed E-state index contributed by atoms with van der Waals surface area (Å²) in [4.78, 5) is 25.5. The van der Waals surface area contributed by atoms with E-state index in [1.165, 1.54) is 6.08 Å². The van der Waals surface area contributed by atoms with Crippen molar-refractivity contribution < 1.29 is 9.53 Å². The summed E-state index contributed by atoms with van der Waals surface area (Å²) in [6.45, 7) is 9.16. The largest absolute Gasteiger partial charge is 0.489 e. The molecule has 180 valence electrons. The number of ether oxygens (including phenoxy) is 1. The molecule has 1 aromatic heterocycles. The second kappa shape index (κ2) is 9.63. The number of hydrogen-bond acceptors (Lipinski definition) is 8. The lowest BCUT2D eigenvalue weighted by Crippen LogP contribution is -2.56. The van der Waals surface area contributed by atoms with Crippen LogP contribution in [-0.2, 0) is 4.79 Å². The van der Waals surface area contributed by atoms with Crippen LogP contribution in [0.1, 0.15) is 5.56 Å². The second-order valence-electron chi connectivity index (χ2n) is 8.85. The first-order valence-electron chi connectivity index (χ1n) is 11.6. The number of nitrogens with one attached hydrogen (secondary N) is 3. The molecule has 2 aliphatic heterocycles. The summed E-state index contributed by atoms with van der Waals surface area (Å²) in [6, 6.07) is 13.9. The third-order valence-electron chi connectivity index (χ3n) is 6.19. The molecule has 1 saturated heterocycles. The molecule has 3 aromatic rings. The number of piperazine rings is 1. The number of fused-ring (bicyclic) bond motifs is 3. The van der Waals surface area contributed by atoms with Crippen LogP contribution >= 0.6 is 0 Å². The quantitative estimate of drug-likeness (QED) is 0.466. The van der Waals surface area contributed by atoms with Crippen LogP contribution in [0, 0.1) is 6.92 Å². The Morgan fingerprint density at radius 2 is 1.97 bits per heavy atom. The molecule has 1 fully saturated rings. The number of rotatable bonds is 6. The number of hydrogen-bond donors (Lipinski definition) is 3. The Morgan fingerprint density at radius 1 is 1.14 bits per heavy atom. The number of anilines is 6. The highest BCUT2D eigenvalue weighted by Gasteiger charge is 2.31. The van der Waals surface area contributed by atoms with E-state index < -0.39 is 0 Å². The van der Waals surface area contributed by atoms with Gasteiger partial charge in [-0.15, -0.1) is 0 Å². The zero-order chi connectivity index (χ0) is 24.4. The van der Waals surface area contributed by atoms with Gasteiger partial charge in [0.1, 0.15) is 18.2 Å². The number of benzene rings is 2. The Hall–Kier alpha value is -4.11. The van der Waals surface area contributed by atoms with Gasteiger partial charge in [0, 0.05) is 54.5 Å². The highest BCUT2D eigenvalue weighted by atomic mass is 16.5. The zero-order valence-electron chi connectivity index (χ0n) is 19.9. The Kier molecular flexibility index (Phi) is 6.24. The van der Waals surface area contributed by atoms with Gasteiger partial charge in [-0.1, -0.05) is 12.6 Å². The number of carbonyl (C=O) groups is 1. The van der Waals surface area contributed by atoms with Gasteiger partial charge in [-0.25, -0.2) is 4.98 Å². The van der Waals surface area contributed by atoms with Crippen molar-refractivity contribution in [2.24, 2.45) is 0 Å². The summed E-state index contributed by atoms with van der Waals surface area (Å²) in [6.07, 6.45) is 3.01. The molecule has 3 heterocycles. The van der Waals surface area contributed by atoms with E-state index in [4.69, 9.17) is 4.74 Å². The monoisotopic (exact) mass is 471 g/mol. The molecule has 2 aromatic carbocycles. The minimum atomic E-state index is -0.260. The first-order chi connectivity index (χ1) is 17.0. The van der Waals surface area contributed by atoms with E-state index in [2.05, 4.69) is 55.4 Å². The van der Waals surface area contributed by atoms with Crippen LogP contribution in [-0.4, -0.2) is 60.1 Å². The van der Waals surface area contributed by atoms with Gasteiger partial charge in [-0.05, 0) is 50.4 Å². The van der Waals surface area contributed by atoms with Crippen molar-refractivity contribution in [1.29, 1.82) is 0 Å². The fourth-order valence-corrected chi connectivity index (χ4v) is 4.36. The Balaban J connectivity index is 1.31. The molecule has 2 aliphatic rings. The van der Waals surface area contributed by atoms with Crippen LogP contribution in [0.5, 0.6) is 5.75 Å². The van der Waals surface area contributed by atoms with Gasteiger partial charge in [0.25, 0.3) is 0 Å². The second-order valence-corrected chi connectivity index (χ2v) is 8.85. The van der Waals surface area contributed by atoms with Crippen LogP contribution in [0.4, 0.5) is 34.5 Å². The topological polar surface area (TPSA) is 94.6 Å². The number of aromatic nitrogens is 2. The average molecular weight is 472 g/mol. The summed E-state index contributed by atoms with van der Waals surface area (Å²) in [7, 11) is 2.15. The molecule has 0 saturated carbocycles. The van der Waals surface area contributed by atoms with Crippen molar-refractivity contribution in [3.8, 4) is 5.75 Å². The van der Waals surface area contributed by atoms with E-state index in [-0.39, 0.29) is 5.91 Å². The summed E-state index contributed by atoms with van der Waals surface area (Å²) >= 11 is 0. The van der Waals surface area contributed by atoms with Gasteiger partial charge in [-0.2, -0.15) is 4.98 Å².